The Morgan fingerprint density at radius 2 is 1.95 bits per heavy atom. The molecule has 1 unspecified atom stereocenters. The molecule has 1 aromatic rings. The monoisotopic (exact) mass is 417 g/mol. The van der Waals surface area contributed by atoms with Gasteiger partial charge in [0.1, 0.15) is 5.75 Å². The quantitative estimate of drug-likeness (QED) is 0.621. The second kappa shape index (κ2) is 8.85. The number of hydrogen-bond donors (Lipinski definition) is 1. The Balaban J connectivity index is 0.000000545. The van der Waals surface area contributed by atoms with Crippen LogP contribution in [-0.2, 0) is 20.8 Å². The van der Waals surface area contributed by atoms with Crippen LogP contribution in [0.4, 0.5) is 0 Å². The van der Waals surface area contributed by atoms with Crippen LogP contribution in [0.5, 0.6) is 5.75 Å². The average molecular weight is 420 g/mol. The maximum atomic E-state index is 9.99. The summed E-state index contributed by atoms with van der Waals surface area (Å²) in [5.41, 5.74) is 2.39. The van der Waals surface area contributed by atoms with Crippen molar-refractivity contribution >= 4 is 23.2 Å². The Morgan fingerprint density at radius 3 is 2.64 bits per heavy atom. The van der Waals surface area contributed by atoms with Crippen molar-refractivity contribution in [2.24, 2.45) is 10.4 Å². The fourth-order valence-corrected chi connectivity index (χ4v) is 3.85. The first-order valence-corrected chi connectivity index (χ1v) is 14.2. The van der Waals surface area contributed by atoms with Crippen LogP contribution in [-0.4, -0.2) is 17.4 Å². The predicted octanol–water partition coefficient (Wildman–Crippen LogP) is 5.61. The molecular formula is C17H23Cl2NOZr. The van der Waals surface area contributed by atoms with Gasteiger partial charge in [-0.05, 0) is 56.1 Å². The van der Waals surface area contributed by atoms with Gasteiger partial charge in [0.05, 0.1) is 6.04 Å². The number of benzene rings is 1. The first kappa shape index (κ1) is 18.5. The third-order valence-electron chi connectivity index (χ3n) is 5.03. The van der Waals surface area contributed by atoms with E-state index < -0.39 is 20.8 Å². The molecule has 5 heteroatoms. The van der Waals surface area contributed by atoms with Gasteiger partial charge in [0.2, 0.25) is 0 Å². The molecular weight excluding hydrogens is 396 g/mol. The van der Waals surface area contributed by atoms with Crippen LogP contribution in [0.15, 0.2) is 23.2 Å². The number of nitrogens with zero attached hydrogens (tertiary/aromatic N) is 1. The second-order valence-electron chi connectivity index (χ2n) is 6.47. The molecule has 2 aliphatic carbocycles. The van der Waals surface area contributed by atoms with Gasteiger partial charge in [0.15, 0.2) is 0 Å². The molecule has 3 rings (SSSR count). The van der Waals surface area contributed by atoms with Crippen molar-refractivity contribution in [1.82, 2.24) is 0 Å². The number of phenolic OH excluding ortho intramolecular Hbond substituents is 1. The van der Waals surface area contributed by atoms with Crippen molar-refractivity contribution in [3.8, 4) is 5.75 Å². The van der Waals surface area contributed by atoms with Crippen LogP contribution < -0.4 is 0 Å². The molecule has 0 saturated heterocycles. The number of aromatic hydroxyl groups is 1. The summed E-state index contributed by atoms with van der Waals surface area (Å²) in [7, 11) is 9.87. The van der Waals surface area contributed by atoms with Gasteiger partial charge < -0.3 is 5.11 Å². The molecule has 22 heavy (non-hydrogen) atoms. The molecule has 1 aromatic carbocycles. The minimum absolute atomic E-state index is 0.375. The number of halogens is 2. The fraction of sp³-hybridized carbons (Fsp3) is 0.588. The zero-order valence-electron chi connectivity index (χ0n) is 13.0. The summed E-state index contributed by atoms with van der Waals surface area (Å²) in [6.07, 6.45) is 11.4. The normalized spacial score (nSPS) is 22.8. The van der Waals surface area contributed by atoms with E-state index in [2.05, 4.69) is 0 Å². The van der Waals surface area contributed by atoms with Gasteiger partial charge in [-0.2, -0.15) is 0 Å². The molecule has 0 heterocycles. The molecule has 0 amide bonds. The zero-order chi connectivity index (χ0) is 16.0. The Bertz CT molecular complexity index is 515. The van der Waals surface area contributed by atoms with Crippen molar-refractivity contribution in [2.75, 3.05) is 0 Å². The minimum atomic E-state index is -0.826. The van der Waals surface area contributed by atoms with E-state index in [9.17, 15) is 5.11 Å². The van der Waals surface area contributed by atoms with E-state index in [4.69, 9.17) is 22.0 Å². The zero-order valence-corrected chi connectivity index (χ0v) is 17.0. The Labute approximate surface area is 152 Å². The van der Waals surface area contributed by atoms with Gasteiger partial charge >= 0.3 is 37.9 Å². The van der Waals surface area contributed by atoms with Crippen molar-refractivity contribution < 1.29 is 26.0 Å². The molecule has 0 radical (unpaired) electrons. The SMILES string of the molecule is Cc1cccc(C=NC2CCC3(CCCC3)C2)c1O.[Cl][Zr][Cl]. The van der Waals surface area contributed by atoms with E-state index in [1.807, 2.05) is 31.3 Å². The van der Waals surface area contributed by atoms with Gasteiger partial charge in [0, 0.05) is 11.8 Å². The van der Waals surface area contributed by atoms with Gasteiger partial charge in [-0.15, -0.1) is 0 Å². The van der Waals surface area contributed by atoms with E-state index in [0.717, 1.165) is 11.1 Å². The van der Waals surface area contributed by atoms with Crippen molar-refractivity contribution in [1.29, 1.82) is 0 Å². The molecule has 0 aromatic heterocycles. The predicted molar refractivity (Wildman–Crippen MR) is 90.7 cm³/mol. The van der Waals surface area contributed by atoms with Crippen LogP contribution in [0, 0.1) is 12.3 Å². The Kier molecular flexibility index (Phi) is 7.44. The van der Waals surface area contributed by atoms with Crippen LogP contribution in [0.25, 0.3) is 0 Å². The summed E-state index contributed by atoms with van der Waals surface area (Å²) >= 11 is -0.826. The fourth-order valence-electron chi connectivity index (χ4n) is 3.85. The van der Waals surface area contributed by atoms with Gasteiger partial charge in [0.25, 0.3) is 0 Å². The number of rotatable bonds is 2. The molecule has 2 fully saturated rings. The van der Waals surface area contributed by atoms with Gasteiger partial charge in [-0.25, -0.2) is 0 Å². The van der Waals surface area contributed by atoms with Gasteiger partial charge in [-0.1, -0.05) is 25.0 Å². The number of aryl methyl sites for hydroxylation is 1. The van der Waals surface area contributed by atoms with E-state index in [1.165, 1.54) is 44.9 Å². The molecule has 0 aliphatic heterocycles. The first-order chi connectivity index (χ1) is 10.6. The van der Waals surface area contributed by atoms with Crippen LogP contribution >= 0.6 is 17.0 Å². The molecule has 0 bridgehead atoms. The number of phenols is 1. The topological polar surface area (TPSA) is 32.6 Å². The number of hydrogen-bond acceptors (Lipinski definition) is 2. The van der Waals surface area contributed by atoms with E-state index in [1.54, 1.807) is 0 Å². The van der Waals surface area contributed by atoms with Crippen molar-refractivity contribution in [2.45, 2.75) is 57.9 Å². The summed E-state index contributed by atoms with van der Waals surface area (Å²) in [6, 6.07) is 6.31. The maximum absolute atomic E-state index is 9.99. The molecule has 2 saturated carbocycles. The third kappa shape index (κ3) is 4.82. The standard InChI is InChI=1S/C17H23NO.2ClH.Zr/c1-13-5-4-6-14(16(13)19)12-18-15-7-10-17(11-15)8-2-3-9-17;;;/h4-6,12,15,19H,2-3,7-11H2,1H3;2*1H;/q;;;+2/p-2. The number of aliphatic imine (C=N–C) groups is 1. The Hall–Kier alpha value is 0.153. The molecule has 2 nitrogen and oxygen atoms in total. The van der Waals surface area contributed by atoms with Crippen LogP contribution in [0.2, 0.25) is 0 Å². The summed E-state index contributed by atoms with van der Waals surface area (Å²) in [4.78, 5) is 4.73. The van der Waals surface area contributed by atoms with Crippen LogP contribution in [0.3, 0.4) is 0 Å². The molecule has 120 valence electrons. The first-order valence-electron chi connectivity index (χ1n) is 7.88. The molecule has 1 N–H and O–H groups in total. The van der Waals surface area contributed by atoms with Crippen molar-refractivity contribution in [3.05, 3.63) is 29.3 Å². The molecule has 2 aliphatic rings. The summed E-state index contributed by atoms with van der Waals surface area (Å²) in [6.45, 7) is 1.93. The summed E-state index contributed by atoms with van der Waals surface area (Å²) in [5, 5.41) is 9.99. The molecule has 1 spiro atoms. The second-order valence-corrected chi connectivity index (χ2v) is 10.2. The summed E-state index contributed by atoms with van der Waals surface area (Å²) in [5.74, 6) is 0.375. The van der Waals surface area contributed by atoms with Crippen LogP contribution in [0.1, 0.15) is 56.1 Å². The van der Waals surface area contributed by atoms with E-state index >= 15 is 0 Å². The number of para-hydroxylation sites is 1. The van der Waals surface area contributed by atoms with Gasteiger partial charge in [-0.3, -0.25) is 4.99 Å². The molecule has 1 atom stereocenters. The third-order valence-corrected chi connectivity index (χ3v) is 5.03. The Morgan fingerprint density at radius 1 is 1.27 bits per heavy atom. The average Bonchev–Trinajstić information content (AvgIpc) is 3.12. The van der Waals surface area contributed by atoms with E-state index in [-0.39, 0.29) is 0 Å². The summed E-state index contributed by atoms with van der Waals surface area (Å²) < 4.78 is 0. The van der Waals surface area contributed by atoms with E-state index in [0.29, 0.717) is 17.2 Å². The van der Waals surface area contributed by atoms with Crippen molar-refractivity contribution in [3.63, 3.8) is 0 Å².